The maximum atomic E-state index is 15.6. The van der Waals surface area contributed by atoms with E-state index in [4.69, 9.17) is 23.2 Å². The van der Waals surface area contributed by atoms with Crippen LogP contribution >= 0.6 is 23.2 Å². The highest BCUT2D eigenvalue weighted by Crippen LogP contribution is 2.58. The second kappa shape index (κ2) is 10.3. The average molecular weight is 579 g/mol. The summed E-state index contributed by atoms with van der Waals surface area (Å²) in [6.07, 6.45) is -0.410. The number of nitriles is 1. The first kappa shape index (κ1) is 29.6. The van der Waals surface area contributed by atoms with Crippen LogP contribution in [0.1, 0.15) is 44.2 Å². The van der Waals surface area contributed by atoms with E-state index in [1.807, 2.05) is 6.07 Å². The van der Waals surface area contributed by atoms with Gasteiger partial charge in [-0.2, -0.15) is 14.0 Å². The van der Waals surface area contributed by atoms with Crippen molar-refractivity contribution in [3.63, 3.8) is 0 Å². The zero-order chi connectivity index (χ0) is 28.8. The van der Waals surface area contributed by atoms with Crippen LogP contribution in [-0.4, -0.2) is 40.1 Å². The molecule has 0 unspecified atom stereocenters. The highest BCUT2D eigenvalue weighted by Gasteiger charge is 2.71. The highest BCUT2D eigenvalue weighted by atomic mass is 35.5. The first-order valence-corrected chi connectivity index (χ1v) is 11.8. The number of likely N-dealkylation sites (tertiary alicyclic amines) is 1. The van der Waals surface area contributed by atoms with Gasteiger partial charge < -0.3 is 5.11 Å². The van der Waals surface area contributed by atoms with E-state index in [2.05, 4.69) is 4.94 Å². The first-order valence-electron chi connectivity index (χ1n) is 11.1. The summed E-state index contributed by atoms with van der Waals surface area (Å²) >= 11 is 11.8. The summed E-state index contributed by atoms with van der Waals surface area (Å²) in [4.78, 5) is 27.3. The van der Waals surface area contributed by atoms with Crippen molar-refractivity contribution in [2.45, 2.75) is 56.7 Å². The standard InChI is InChI=1S/C25H21Cl2F5N2O4/c1-23(2,3)10-18-24(11-33,14-6-5-13(26)9-17(14)29)19(12-4-7-16(28)15(27)8-12)20(21(35)36)34(18)25(30,31)22(37)38-32/h4-9,18-20H,10H2,1-3H3,(H,35,36)/t18-,19-,20+,24-/m0/s1. The Hall–Kier alpha value is -2.94. The third kappa shape index (κ3) is 4.93. The van der Waals surface area contributed by atoms with Gasteiger partial charge in [0.25, 0.3) is 0 Å². The fourth-order valence-electron chi connectivity index (χ4n) is 5.18. The minimum atomic E-state index is -4.93. The van der Waals surface area contributed by atoms with Gasteiger partial charge in [0.05, 0.1) is 11.1 Å². The van der Waals surface area contributed by atoms with Crippen molar-refractivity contribution in [2.24, 2.45) is 5.41 Å². The normalized spacial score (nSPS) is 24.2. The molecule has 0 bridgehead atoms. The van der Waals surface area contributed by atoms with Gasteiger partial charge in [-0.1, -0.05) is 56.1 Å². The van der Waals surface area contributed by atoms with Crippen LogP contribution in [-0.2, 0) is 19.9 Å². The molecular weight excluding hydrogens is 558 g/mol. The molecule has 1 saturated heterocycles. The fraction of sp³-hybridized carbons (Fsp3) is 0.400. The van der Waals surface area contributed by atoms with Crippen molar-refractivity contribution in [3.05, 3.63) is 69.2 Å². The molecule has 0 spiro atoms. The van der Waals surface area contributed by atoms with E-state index in [1.165, 1.54) is 6.07 Å². The minimum absolute atomic E-state index is 0.107. The number of hydrogen-bond donors (Lipinski definition) is 1. The monoisotopic (exact) mass is 578 g/mol. The van der Waals surface area contributed by atoms with Gasteiger partial charge in [0.2, 0.25) is 0 Å². The Kier molecular flexibility index (Phi) is 8.04. The van der Waals surface area contributed by atoms with E-state index >= 15 is 13.2 Å². The number of rotatable bonds is 6. The molecule has 13 heteroatoms. The maximum Gasteiger partial charge on any atom is 0.434 e. The summed E-state index contributed by atoms with van der Waals surface area (Å²) in [5, 5.41) is 20.2. The van der Waals surface area contributed by atoms with Crippen LogP contribution in [0, 0.1) is 28.4 Å². The van der Waals surface area contributed by atoms with Crippen molar-refractivity contribution in [2.75, 3.05) is 0 Å². The lowest BCUT2D eigenvalue weighted by Crippen LogP contribution is -2.58. The Balaban J connectivity index is 2.55. The second-order valence-corrected chi connectivity index (χ2v) is 11.0. The van der Waals surface area contributed by atoms with Crippen LogP contribution < -0.4 is 0 Å². The Labute approximate surface area is 224 Å². The number of carboxylic acids is 1. The zero-order valence-electron chi connectivity index (χ0n) is 20.1. The van der Waals surface area contributed by atoms with Crippen LogP contribution in [0.4, 0.5) is 22.1 Å². The van der Waals surface area contributed by atoms with Gasteiger partial charge in [-0.3, -0.25) is 4.79 Å². The Bertz CT molecular complexity index is 1310. The summed E-state index contributed by atoms with van der Waals surface area (Å²) in [6.45, 7) is 4.74. The van der Waals surface area contributed by atoms with E-state index < -0.39 is 75.5 Å². The fourth-order valence-corrected chi connectivity index (χ4v) is 5.53. The predicted molar refractivity (Wildman–Crippen MR) is 126 cm³/mol. The van der Waals surface area contributed by atoms with E-state index in [9.17, 15) is 28.9 Å². The van der Waals surface area contributed by atoms with E-state index in [1.54, 1.807) is 20.8 Å². The van der Waals surface area contributed by atoms with Crippen LogP contribution in [0.5, 0.6) is 0 Å². The average Bonchev–Trinajstić information content (AvgIpc) is 3.10. The topological polar surface area (TPSA) is 90.6 Å². The lowest BCUT2D eigenvalue weighted by Gasteiger charge is -2.40. The quantitative estimate of drug-likeness (QED) is 0.314. The molecule has 3 rings (SSSR count). The van der Waals surface area contributed by atoms with Crippen molar-refractivity contribution < 1.29 is 41.7 Å². The molecule has 4 atom stereocenters. The van der Waals surface area contributed by atoms with Gasteiger partial charge in [0.15, 0.2) is 0 Å². The molecule has 1 fully saturated rings. The lowest BCUT2D eigenvalue weighted by molar-refractivity contribution is -0.245. The third-order valence-corrected chi connectivity index (χ3v) is 7.06. The molecule has 1 N–H and O–H groups in total. The van der Waals surface area contributed by atoms with Crippen molar-refractivity contribution >= 4 is 35.1 Å². The van der Waals surface area contributed by atoms with Crippen LogP contribution in [0.25, 0.3) is 0 Å². The van der Waals surface area contributed by atoms with E-state index in [0.717, 1.165) is 30.3 Å². The van der Waals surface area contributed by atoms with Gasteiger partial charge in [0.1, 0.15) is 23.1 Å². The van der Waals surface area contributed by atoms with Crippen LogP contribution in [0.2, 0.25) is 10.0 Å². The number of carbonyl (C=O) groups excluding carboxylic acids is 1. The molecule has 204 valence electrons. The van der Waals surface area contributed by atoms with Gasteiger partial charge in [-0.05, 0) is 41.7 Å². The number of halogens is 7. The summed E-state index contributed by atoms with van der Waals surface area (Å²) in [6, 6.07) is -1.64. The molecule has 6 nitrogen and oxygen atoms in total. The predicted octanol–water partition coefficient (Wildman–Crippen LogP) is 6.41. The van der Waals surface area contributed by atoms with Crippen LogP contribution in [0.3, 0.4) is 0 Å². The SMILES string of the molecule is CC(C)(C)C[C@@H]1N(C(F)(F)C(=O)OF)[C@@H](C(=O)O)[C@H](c2ccc(F)c(Cl)c2)[C@@]1(C#N)c1ccc(Cl)cc1F. The number of benzene rings is 2. The lowest BCUT2D eigenvalue weighted by atomic mass is 9.63. The van der Waals surface area contributed by atoms with Crippen molar-refractivity contribution in [1.82, 2.24) is 4.90 Å². The molecule has 2 aromatic carbocycles. The smallest absolute Gasteiger partial charge is 0.434 e. The molecule has 1 heterocycles. The molecule has 1 aliphatic heterocycles. The maximum absolute atomic E-state index is 15.6. The Morgan fingerprint density at radius 3 is 2.24 bits per heavy atom. The van der Waals surface area contributed by atoms with Crippen molar-refractivity contribution in [1.29, 1.82) is 5.26 Å². The largest absolute Gasteiger partial charge is 0.480 e. The number of aliphatic carboxylic acids is 1. The van der Waals surface area contributed by atoms with E-state index in [-0.39, 0.29) is 15.5 Å². The van der Waals surface area contributed by atoms with Gasteiger partial charge in [-0.25, -0.2) is 23.4 Å². The van der Waals surface area contributed by atoms with E-state index in [0.29, 0.717) is 0 Å². The summed E-state index contributed by atoms with van der Waals surface area (Å²) in [5.74, 6) is -8.62. The van der Waals surface area contributed by atoms with Gasteiger partial charge >= 0.3 is 18.0 Å². The molecule has 0 radical (unpaired) electrons. The molecule has 38 heavy (non-hydrogen) atoms. The molecule has 0 aliphatic carbocycles. The molecule has 0 amide bonds. The summed E-state index contributed by atoms with van der Waals surface area (Å²) in [7, 11) is 0. The van der Waals surface area contributed by atoms with Crippen LogP contribution in [0.15, 0.2) is 36.4 Å². The number of carbonyl (C=O) groups is 2. The Morgan fingerprint density at radius 1 is 1.13 bits per heavy atom. The summed E-state index contributed by atoms with van der Waals surface area (Å²) < 4.78 is 73.6. The Morgan fingerprint density at radius 2 is 1.76 bits per heavy atom. The molecular formula is C25H21Cl2F5N2O4. The number of alkyl halides is 2. The van der Waals surface area contributed by atoms with Gasteiger partial charge in [-0.15, -0.1) is 0 Å². The van der Waals surface area contributed by atoms with Gasteiger partial charge in [0, 0.05) is 27.1 Å². The number of carboxylic acid groups (broad SMARTS) is 1. The number of hydrogen-bond acceptors (Lipinski definition) is 5. The molecule has 0 aromatic heterocycles. The minimum Gasteiger partial charge on any atom is -0.480 e. The second-order valence-electron chi connectivity index (χ2n) is 10.1. The third-order valence-electron chi connectivity index (χ3n) is 6.53. The highest BCUT2D eigenvalue weighted by molar-refractivity contribution is 6.31. The van der Waals surface area contributed by atoms with Crippen molar-refractivity contribution in [3.8, 4) is 6.07 Å². The molecule has 1 aliphatic rings. The first-order chi connectivity index (χ1) is 17.5. The molecule has 0 saturated carbocycles. The zero-order valence-corrected chi connectivity index (χ0v) is 21.6. The molecule has 2 aromatic rings. The summed E-state index contributed by atoms with van der Waals surface area (Å²) in [5.41, 5.74) is -4.12. The number of nitrogens with zero attached hydrogens (tertiary/aromatic N) is 2.